The molecule has 0 bridgehead atoms. The maximum Gasteiger partial charge on any atom is 0.243 e. The van der Waals surface area contributed by atoms with Gasteiger partial charge in [-0.3, -0.25) is 4.79 Å². The summed E-state index contributed by atoms with van der Waals surface area (Å²) in [5, 5.41) is 5.82. The van der Waals surface area contributed by atoms with Crippen LogP contribution in [0.2, 0.25) is 0 Å². The van der Waals surface area contributed by atoms with E-state index in [9.17, 15) is 9.18 Å². The van der Waals surface area contributed by atoms with Crippen LogP contribution in [-0.2, 0) is 11.2 Å². The molecular formula is C16H17FN2O. The third-order valence-electron chi connectivity index (χ3n) is 2.97. The molecule has 0 aliphatic heterocycles. The lowest BCUT2D eigenvalue weighted by Gasteiger charge is -2.11. The Morgan fingerprint density at radius 1 is 1.10 bits per heavy atom. The first-order valence-electron chi connectivity index (χ1n) is 6.56. The Morgan fingerprint density at radius 3 is 2.50 bits per heavy atom. The van der Waals surface area contributed by atoms with Crippen LogP contribution in [0.15, 0.2) is 48.5 Å². The van der Waals surface area contributed by atoms with Crippen molar-refractivity contribution in [3.63, 3.8) is 0 Å². The van der Waals surface area contributed by atoms with Gasteiger partial charge in [0, 0.05) is 11.4 Å². The summed E-state index contributed by atoms with van der Waals surface area (Å²) < 4.78 is 12.8. The van der Waals surface area contributed by atoms with Gasteiger partial charge < -0.3 is 10.6 Å². The minimum absolute atomic E-state index is 0.164. The summed E-state index contributed by atoms with van der Waals surface area (Å²) >= 11 is 0. The van der Waals surface area contributed by atoms with Crippen LogP contribution < -0.4 is 10.6 Å². The average molecular weight is 272 g/mol. The molecule has 0 saturated carbocycles. The average Bonchev–Trinajstić information content (AvgIpc) is 2.48. The van der Waals surface area contributed by atoms with Crippen molar-refractivity contribution in [1.82, 2.24) is 0 Å². The second-order valence-corrected chi connectivity index (χ2v) is 4.42. The van der Waals surface area contributed by atoms with Gasteiger partial charge in [-0.2, -0.15) is 0 Å². The van der Waals surface area contributed by atoms with Crippen molar-refractivity contribution in [2.75, 3.05) is 17.2 Å². The first-order chi connectivity index (χ1) is 9.69. The molecule has 0 aromatic heterocycles. The Labute approximate surface area is 117 Å². The molecule has 104 valence electrons. The van der Waals surface area contributed by atoms with E-state index in [2.05, 4.69) is 17.6 Å². The monoisotopic (exact) mass is 272 g/mol. The third-order valence-corrected chi connectivity index (χ3v) is 2.97. The zero-order valence-electron chi connectivity index (χ0n) is 11.3. The molecule has 0 aliphatic carbocycles. The highest BCUT2D eigenvalue weighted by atomic mass is 19.1. The van der Waals surface area contributed by atoms with E-state index in [-0.39, 0.29) is 18.3 Å². The standard InChI is InChI=1S/C16H17FN2O/c1-2-12-5-3-4-6-15(12)18-11-16(20)19-14-9-7-13(17)8-10-14/h3-10,18H,2,11H2,1H3,(H,19,20). The number of aryl methyl sites for hydroxylation is 1. The Kier molecular flexibility index (Phi) is 4.71. The molecule has 1 amide bonds. The van der Waals surface area contributed by atoms with Gasteiger partial charge in [-0.1, -0.05) is 25.1 Å². The first kappa shape index (κ1) is 14.1. The lowest BCUT2D eigenvalue weighted by atomic mass is 10.1. The van der Waals surface area contributed by atoms with E-state index < -0.39 is 0 Å². The normalized spacial score (nSPS) is 10.1. The lowest BCUT2D eigenvalue weighted by molar-refractivity contribution is -0.114. The van der Waals surface area contributed by atoms with Crippen molar-refractivity contribution in [3.05, 3.63) is 59.9 Å². The largest absolute Gasteiger partial charge is 0.376 e. The smallest absolute Gasteiger partial charge is 0.243 e. The maximum atomic E-state index is 12.8. The molecule has 2 N–H and O–H groups in total. The third kappa shape index (κ3) is 3.82. The predicted molar refractivity (Wildman–Crippen MR) is 79.3 cm³/mol. The number of hydrogen-bond acceptors (Lipinski definition) is 2. The number of amides is 1. The summed E-state index contributed by atoms with van der Waals surface area (Å²) in [4.78, 5) is 11.8. The highest BCUT2D eigenvalue weighted by Gasteiger charge is 2.04. The van der Waals surface area contributed by atoms with E-state index >= 15 is 0 Å². The van der Waals surface area contributed by atoms with Crippen molar-refractivity contribution >= 4 is 17.3 Å². The van der Waals surface area contributed by atoms with Gasteiger partial charge in [0.1, 0.15) is 5.82 Å². The fourth-order valence-electron chi connectivity index (χ4n) is 1.91. The summed E-state index contributed by atoms with van der Waals surface area (Å²) in [6, 6.07) is 13.6. The Bertz CT molecular complexity index is 581. The molecule has 2 aromatic rings. The first-order valence-corrected chi connectivity index (χ1v) is 6.56. The van der Waals surface area contributed by atoms with Gasteiger partial charge >= 0.3 is 0 Å². The van der Waals surface area contributed by atoms with Crippen LogP contribution in [0.4, 0.5) is 15.8 Å². The van der Waals surface area contributed by atoms with Gasteiger partial charge in [-0.15, -0.1) is 0 Å². The molecule has 2 rings (SSSR count). The number of benzene rings is 2. The molecule has 0 aliphatic rings. The summed E-state index contributed by atoms with van der Waals surface area (Å²) in [6.07, 6.45) is 0.906. The van der Waals surface area contributed by atoms with E-state index in [1.165, 1.54) is 29.8 Å². The van der Waals surface area contributed by atoms with Gasteiger partial charge in [0.2, 0.25) is 5.91 Å². The van der Waals surface area contributed by atoms with Crippen molar-refractivity contribution in [3.8, 4) is 0 Å². The molecule has 3 nitrogen and oxygen atoms in total. The number of halogens is 1. The SMILES string of the molecule is CCc1ccccc1NCC(=O)Nc1ccc(F)cc1. The summed E-state index contributed by atoms with van der Waals surface area (Å²) in [5.74, 6) is -0.486. The molecule has 0 saturated heterocycles. The fraction of sp³-hybridized carbons (Fsp3) is 0.188. The number of hydrogen-bond donors (Lipinski definition) is 2. The van der Waals surface area contributed by atoms with Crippen LogP contribution in [0.3, 0.4) is 0 Å². The molecule has 2 aromatic carbocycles. The zero-order valence-corrected chi connectivity index (χ0v) is 11.3. The summed E-state index contributed by atoms with van der Waals surface area (Å²) in [6.45, 7) is 2.24. The van der Waals surface area contributed by atoms with Crippen LogP contribution in [0.1, 0.15) is 12.5 Å². The van der Waals surface area contributed by atoms with Gasteiger partial charge in [0.05, 0.1) is 6.54 Å². The molecule has 0 heterocycles. The van der Waals surface area contributed by atoms with E-state index in [4.69, 9.17) is 0 Å². The van der Waals surface area contributed by atoms with E-state index in [1.807, 2.05) is 24.3 Å². The van der Waals surface area contributed by atoms with Gasteiger partial charge in [0.15, 0.2) is 0 Å². The van der Waals surface area contributed by atoms with Crippen molar-refractivity contribution in [2.24, 2.45) is 0 Å². The second-order valence-electron chi connectivity index (χ2n) is 4.42. The molecule has 0 radical (unpaired) electrons. The Morgan fingerprint density at radius 2 is 1.80 bits per heavy atom. The Balaban J connectivity index is 1.90. The number of carbonyl (C=O) groups excluding carboxylic acids is 1. The Hall–Kier alpha value is -2.36. The minimum atomic E-state index is -0.321. The quantitative estimate of drug-likeness (QED) is 0.875. The highest BCUT2D eigenvalue weighted by Crippen LogP contribution is 2.15. The molecular weight excluding hydrogens is 255 g/mol. The molecule has 0 spiro atoms. The van der Waals surface area contributed by atoms with E-state index in [1.54, 1.807) is 0 Å². The van der Waals surface area contributed by atoms with Gasteiger partial charge in [-0.25, -0.2) is 4.39 Å². The van der Waals surface area contributed by atoms with Crippen molar-refractivity contribution in [1.29, 1.82) is 0 Å². The van der Waals surface area contributed by atoms with Crippen molar-refractivity contribution in [2.45, 2.75) is 13.3 Å². The number of carbonyl (C=O) groups is 1. The second kappa shape index (κ2) is 6.70. The number of nitrogens with one attached hydrogen (secondary N) is 2. The number of anilines is 2. The van der Waals surface area contributed by atoms with E-state index in [0.29, 0.717) is 5.69 Å². The number of rotatable bonds is 5. The fourth-order valence-corrected chi connectivity index (χ4v) is 1.91. The zero-order chi connectivity index (χ0) is 14.4. The maximum absolute atomic E-state index is 12.8. The summed E-state index contributed by atoms with van der Waals surface area (Å²) in [5.41, 5.74) is 2.72. The van der Waals surface area contributed by atoms with Crippen LogP contribution in [0.25, 0.3) is 0 Å². The predicted octanol–water partition coefficient (Wildman–Crippen LogP) is 3.44. The molecule has 0 fully saturated rings. The molecule has 20 heavy (non-hydrogen) atoms. The van der Waals surface area contributed by atoms with Gasteiger partial charge in [-0.05, 0) is 42.3 Å². The molecule has 4 heteroatoms. The summed E-state index contributed by atoms with van der Waals surface area (Å²) in [7, 11) is 0. The minimum Gasteiger partial charge on any atom is -0.376 e. The van der Waals surface area contributed by atoms with Crippen LogP contribution in [-0.4, -0.2) is 12.5 Å². The van der Waals surface area contributed by atoms with Crippen LogP contribution >= 0.6 is 0 Å². The molecule has 0 atom stereocenters. The van der Waals surface area contributed by atoms with Gasteiger partial charge in [0.25, 0.3) is 0 Å². The van der Waals surface area contributed by atoms with Crippen LogP contribution in [0, 0.1) is 5.82 Å². The van der Waals surface area contributed by atoms with E-state index in [0.717, 1.165) is 12.1 Å². The highest BCUT2D eigenvalue weighted by molar-refractivity contribution is 5.93. The lowest BCUT2D eigenvalue weighted by Crippen LogP contribution is -2.22. The molecule has 0 unspecified atom stereocenters. The van der Waals surface area contributed by atoms with Crippen molar-refractivity contribution < 1.29 is 9.18 Å². The number of para-hydroxylation sites is 1. The topological polar surface area (TPSA) is 41.1 Å². The van der Waals surface area contributed by atoms with Crippen LogP contribution in [0.5, 0.6) is 0 Å².